The van der Waals surface area contributed by atoms with E-state index >= 15 is 0 Å². The van der Waals surface area contributed by atoms with Gasteiger partial charge in [0.2, 0.25) is 0 Å². The molecule has 3 N–H and O–H groups in total. The van der Waals surface area contributed by atoms with Crippen molar-refractivity contribution in [1.29, 1.82) is 0 Å². The first kappa shape index (κ1) is 10.5. The Morgan fingerprint density at radius 1 is 1.53 bits per heavy atom. The molecule has 1 unspecified atom stereocenters. The van der Waals surface area contributed by atoms with Gasteiger partial charge in [-0.1, -0.05) is 15.9 Å². The molecule has 3 nitrogen and oxygen atoms in total. The lowest BCUT2D eigenvalue weighted by Gasteiger charge is -2.14. The lowest BCUT2D eigenvalue weighted by Crippen LogP contribution is -2.15. The van der Waals surface area contributed by atoms with Gasteiger partial charge in [-0.15, -0.1) is 0 Å². The molecule has 1 aliphatic rings. The van der Waals surface area contributed by atoms with Gasteiger partial charge in [0.15, 0.2) is 0 Å². The van der Waals surface area contributed by atoms with Gasteiger partial charge in [-0.2, -0.15) is 0 Å². The van der Waals surface area contributed by atoms with Gasteiger partial charge in [-0.3, -0.25) is 4.79 Å². The predicted molar refractivity (Wildman–Crippen MR) is 61.7 cm³/mol. The van der Waals surface area contributed by atoms with Crippen LogP contribution in [0.5, 0.6) is 0 Å². The molecule has 1 fully saturated rings. The van der Waals surface area contributed by atoms with E-state index in [1.165, 1.54) is 0 Å². The third kappa shape index (κ3) is 2.15. The zero-order valence-corrected chi connectivity index (χ0v) is 9.70. The molecule has 0 amide bonds. The van der Waals surface area contributed by atoms with Gasteiger partial charge in [0.25, 0.3) is 0 Å². The maximum absolute atomic E-state index is 11.2. The minimum atomic E-state index is -0.776. The molecule has 0 radical (unpaired) electrons. The number of carbonyl (C=O) groups is 1. The first-order valence-corrected chi connectivity index (χ1v) is 5.66. The van der Waals surface area contributed by atoms with Crippen molar-refractivity contribution in [2.45, 2.75) is 18.8 Å². The van der Waals surface area contributed by atoms with Crippen molar-refractivity contribution in [3.8, 4) is 0 Å². The summed E-state index contributed by atoms with van der Waals surface area (Å²) < 4.78 is 0.874. The number of anilines is 1. The Bertz CT molecular complexity index is 402. The van der Waals surface area contributed by atoms with E-state index in [-0.39, 0.29) is 5.92 Å². The Balaban J connectivity index is 2.40. The van der Waals surface area contributed by atoms with Crippen molar-refractivity contribution in [3.05, 3.63) is 28.2 Å². The fourth-order valence-corrected chi connectivity index (χ4v) is 2.21. The summed E-state index contributed by atoms with van der Waals surface area (Å²) in [5.41, 5.74) is 7.11. The molecule has 1 aromatic carbocycles. The number of aliphatic carboxylic acids is 1. The molecular weight excluding hydrogens is 258 g/mol. The van der Waals surface area contributed by atoms with Crippen molar-refractivity contribution >= 4 is 27.6 Å². The molecule has 15 heavy (non-hydrogen) atoms. The molecule has 0 spiro atoms. The van der Waals surface area contributed by atoms with Gasteiger partial charge in [0.1, 0.15) is 0 Å². The standard InChI is InChI=1S/C11H12BrNO2/c12-7-3-4-9(13)8(5-7)10(11(14)15)6-1-2-6/h3-6,10H,1-2,13H2,(H,14,15). The summed E-state index contributed by atoms with van der Waals surface area (Å²) in [5.74, 6) is -0.955. The maximum atomic E-state index is 11.2. The van der Waals surface area contributed by atoms with E-state index in [9.17, 15) is 9.90 Å². The number of nitrogens with two attached hydrogens (primary N) is 1. The summed E-state index contributed by atoms with van der Waals surface area (Å²) in [5, 5.41) is 9.18. The van der Waals surface area contributed by atoms with Crippen LogP contribution in [-0.2, 0) is 4.79 Å². The van der Waals surface area contributed by atoms with Crippen molar-refractivity contribution < 1.29 is 9.90 Å². The Labute approximate surface area is 96.4 Å². The monoisotopic (exact) mass is 269 g/mol. The fourth-order valence-electron chi connectivity index (χ4n) is 1.83. The summed E-state index contributed by atoms with van der Waals surface area (Å²) in [6.45, 7) is 0. The van der Waals surface area contributed by atoms with E-state index in [1.54, 1.807) is 6.07 Å². The van der Waals surface area contributed by atoms with Crippen LogP contribution in [0.4, 0.5) is 5.69 Å². The van der Waals surface area contributed by atoms with E-state index in [0.29, 0.717) is 5.69 Å². The summed E-state index contributed by atoms with van der Waals surface area (Å²) in [6, 6.07) is 5.38. The lowest BCUT2D eigenvalue weighted by molar-refractivity contribution is -0.139. The van der Waals surface area contributed by atoms with E-state index in [1.807, 2.05) is 12.1 Å². The molecular formula is C11H12BrNO2. The van der Waals surface area contributed by atoms with E-state index in [0.717, 1.165) is 22.9 Å². The van der Waals surface area contributed by atoms with E-state index in [2.05, 4.69) is 15.9 Å². The summed E-state index contributed by atoms with van der Waals surface area (Å²) in [7, 11) is 0. The zero-order valence-electron chi connectivity index (χ0n) is 8.11. The number of carboxylic acids is 1. The molecule has 1 aliphatic carbocycles. The largest absolute Gasteiger partial charge is 0.481 e. The van der Waals surface area contributed by atoms with Gasteiger partial charge < -0.3 is 10.8 Å². The van der Waals surface area contributed by atoms with Gasteiger partial charge in [0, 0.05) is 10.2 Å². The smallest absolute Gasteiger partial charge is 0.311 e. The Morgan fingerprint density at radius 3 is 2.73 bits per heavy atom. The predicted octanol–water partition coefficient (Wildman–Crippen LogP) is 2.61. The molecule has 0 heterocycles. The molecule has 1 saturated carbocycles. The summed E-state index contributed by atoms with van der Waals surface area (Å²) in [6.07, 6.45) is 1.98. The van der Waals surface area contributed by atoms with Gasteiger partial charge in [-0.25, -0.2) is 0 Å². The van der Waals surface area contributed by atoms with Crippen molar-refractivity contribution in [2.75, 3.05) is 5.73 Å². The zero-order chi connectivity index (χ0) is 11.0. The van der Waals surface area contributed by atoms with Crippen LogP contribution in [-0.4, -0.2) is 11.1 Å². The van der Waals surface area contributed by atoms with Gasteiger partial charge in [0.05, 0.1) is 5.92 Å². The Morgan fingerprint density at radius 2 is 2.20 bits per heavy atom. The third-order valence-electron chi connectivity index (χ3n) is 2.74. The van der Waals surface area contributed by atoms with Gasteiger partial charge >= 0.3 is 5.97 Å². The van der Waals surface area contributed by atoms with Crippen LogP contribution in [0.25, 0.3) is 0 Å². The molecule has 1 aromatic rings. The molecule has 1 atom stereocenters. The number of nitrogen functional groups attached to an aromatic ring is 1. The number of rotatable bonds is 3. The molecule has 4 heteroatoms. The lowest BCUT2D eigenvalue weighted by atomic mass is 9.93. The van der Waals surface area contributed by atoms with E-state index in [4.69, 9.17) is 5.73 Å². The van der Waals surface area contributed by atoms with Crippen LogP contribution in [0.1, 0.15) is 24.3 Å². The minimum Gasteiger partial charge on any atom is -0.481 e. The van der Waals surface area contributed by atoms with Crippen LogP contribution in [0.15, 0.2) is 22.7 Å². The van der Waals surface area contributed by atoms with E-state index < -0.39 is 11.9 Å². The van der Waals surface area contributed by atoms with Crippen LogP contribution in [0.2, 0.25) is 0 Å². The molecule has 2 rings (SSSR count). The highest BCUT2D eigenvalue weighted by atomic mass is 79.9. The molecule has 0 bridgehead atoms. The molecule has 0 saturated heterocycles. The van der Waals surface area contributed by atoms with Crippen molar-refractivity contribution in [1.82, 2.24) is 0 Å². The molecule has 0 aliphatic heterocycles. The van der Waals surface area contributed by atoms with Crippen LogP contribution >= 0.6 is 15.9 Å². The normalized spacial score (nSPS) is 17.4. The second-order valence-corrected chi connectivity index (χ2v) is 4.84. The molecule has 0 aromatic heterocycles. The van der Waals surface area contributed by atoms with Crippen molar-refractivity contribution in [2.24, 2.45) is 5.92 Å². The SMILES string of the molecule is Nc1ccc(Br)cc1C(C(=O)O)C1CC1. The average molecular weight is 270 g/mol. The highest BCUT2D eigenvalue weighted by molar-refractivity contribution is 9.10. The van der Waals surface area contributed by atoms with Crippen LogP contribution < -0.4 is 5.73 Å². The van der Waals surface area contributed by atoms with Crippen LogP contribution in [0.3, 0.4) is 0 Å². The summed E-state index contributed by atoms with van der Waals surface area (Å²) in [4.78, 5) is 11.2. The number of carboxylic acid groups (broad SMARTS) is 1. The number of benzene rings is 1. The summed E-state index contributed by atoms with van der Waals surface area (Å²) >= 11 is 3.33. The third-order valence-corrected chi connectivity index (χ3v) is 3.24. The molecule has 80 valence electrons. The first-order chi connectivity index (χ1) is 7.09. The van der Waals surface area contributed by atoms with Crippen LogP contribution in [0, 0.1) is 5.92 Å². The average Bonchev–Trinajstić information content (AvgIpc) is 2.95. The topological polar surface area (TPSA) is 63.3 Å². The first-order valence-electron chi connectivity index (χ1n) is 4.87. The quantitative estimate of drug-likeness (QED) is 0.830. The highest BCUT2D eigenvalue weighted by Crippen LogP contribution is 2.44. The number of hydrogen-bond acceptors (Lipinski definition) is 2. The second kappa shape index (κ2) is 3.85. The number of hydrogen-bond donors (Lipinski definition) is 2. The minimum absolute atomic E-state index is 0.263. The number of halogens is 1. The fraction of sp³-hybridized carbons (Fsp3) is 0.364. The Hall–Kier alpha value is -1.03. The highest BCUT2D eigenvalue weighted by Gasteiger charge is 2.38. The maximum Gasteiger partial charge on any atom is 0.311 e. The Kier molecular flexibility index (Phi) is 2.69. The van der Waals surface area contributed by atoms with Crippen molar-refractivity contribution in [3.63, 3.8) is 0 Å². The van der Waals surface area contributed by atoms with Gasteiger partial charge in [-0.05, 0) is 42.5 Å². The second-order valence-electron chi connectivity index (χ2n) is 3.93.